The van der Waals surface area contributed by atoms with Gasteiger partial charge in [-0.1, -0.05) is 30.3 Å². The van der Waals surface area contributed by atoms with Crippen LogP contribution in [0.25, 0.3) is 11.3 Å². The minimum atomic E-state index is -0.961. The second-order valence-corrected chi connectivity index (χ2v) is 4.86. The average molecular weight is 310 g/mol. The summed E-state index contributed by atoms with van der Waals surface area (Å²) in [5.41, 5.74) is 7.64. The summed E-state index contributed by atoms with van der Waals surface area (Å²) in [5.74, 6) is -1.48. The molecule has 1 aromatic carbocycles. The van der Waals surface area contributed by atoms with Crippen molar-refractivity contribution < 1.29 is 14.3 Å². The third kappa shape index (κ3) is 2.40. The van der Waals surface area contributed by atoms with Crippen LogP contribution < -0.4 is 10.5 Å². The van der Waals surface area contributed by atoms with Crippen LogP contribution in [0.4, 0.5) is 0 Å². The fourth-order valence-electron chi connectivity index (χ4n) is 2.53. The van der Waals surface area contributed by atoms with E-state index in [1.807, 2.05) is 36.4 Å². The van der Waals surface area contributed by atoms with Gasteiger partial charge in [-0.2, -0.15) is 5.26 Å². The number of aromatic amines is 1. The molecular formula is C16H14N4O3. The summed E-state index contributed by atoms with van der Waals surface area (Å²) in [6.45, 7) is 1.90. The number of hydrogen-bond acceptors (Lipinski definition) is 6. The Labute approximate surface area is 132 Å². The second kappa shape index (κ2) is 5.85. The quantitative estimate of drug-likeness (QED) is 0.836. The smallest absolute Gasteiger partial charge is 0.319 e. The molecule has 1 aliphatic rings. The highest BCUT2D eigenvalue weighted by Gasteiger charge is 2.40. The molecule has 3 N–H and O–H groups in total. The number of hydrogen-bond donors (Lipinski definition) is 2. The lowest BCUT2D eigenvalue weighted by atomic mass is 9.88. The summed E-state index contributed by atoms with van der Waals surface area (Å²) in [6, 6.07) is 11.3. The summed E-state index contributed by atoms with van der Waals surface area (Å²) in [6.07, 6.45) is 0. The zero-order valence-corrected chi connectivity index (χ0v) is 12.4. The molecule has 0 amide bonds. The molecule has 3 rings (SSSR count). The Morgan fingerprint density at radius 2 is 2.22 bits per heavy atom. The lowest BCUT2D eigenvalue weighted by Gasteiger charge is -2.22. The van der Waals surface area contributed by atoms with Gasteiger partial charge in [0.1, 0.15) is 17.6 Å². The molecule has 2 aromatic rings. The number of carbonyl (C=O) groups excluding carboxylic acids is 1. The van der Waals surface area contributed by atoms with Gasteiger partial charge in [-0.3, -0.25) is 9.89 Å². The van der Waals surface area contributed by atoms with E-state index < -0.39 is 11.9 Å². The third-order valence-electron chi connectivity index (χ3n) is 3.52. The van der Waals surface area contributed by atoms with E-state index in [4.69, 9.17) is 15.2 Å². The van der Waals surface area contributed by atoms with E-state index in [1.165, 1.54) is 0 Å². The first-order valence-electron chi connectivity index (χ1n) is 7.05. The van der Waals surface area contributed by atoms with Crippen LogP contribution in [0.5, 0.6) is 5.88 Å². The Bertz CT molecular complexity index is 818. The SMILES string of the molecule is CCOC(=O)C1C(C#N)=C(N)Oc2n[nH]c(-c3ccccc3)c21. The number of nitriles is 1. The predicted molar refractivity (Wildman–Crippen MR) is 80.9 cm³/mol. The van der Waals surface area contributed by atoms with Crippen LogP contribution in [0.3, 0.4) is 0 Å². The summed E-state index contributed by atoms with van der Waals surface area (Å²) >= 11 is 0. The molecule has 0 saturated heterocycles. The zero-order chi connectivity index (χ0) is 16.4. The second-order valence-electron chi connectivity index (χ2n) is 4.86. The number of H-pyrrole nitrogens is 1. The van der Waals surface area contributed by atoms with Gasteiger partial charge in [-0.25, -0.2) is 0 Å². The number of nitrogens with two attached hydrogens (primary N) is 1. The lowest BCUT2D eigenvalue weighted by Crippen LogP contribution is -2.26. The van der Waals surface area contributed by atoms with Crippen LogP contribution in [0.1, 0.15) is 18.4 Å². The molecule has 1 unspecified atom stereocenters. The maximum atomic E-state index is 12.4. The average Bonchev–Trinajstić information content (AvgIpc) is 2.97. The number of ether oxygens (including phenoxy) is 2. The van der Waals surface area contributed by atoms with Gasteiger partial charge in [0.2, 0.25) is 11.8 Å². The molecule has 1 aromatic heterocycles. The molecule has 0 fully saturated rings. The number of nitrogens with zero attached hydrogens (tertiary/aromatic N) is 2. The third-order valence-corrected chi connectivity index (χ3v) is 3.52. The zero-order valence-electron chi connectivity index (χ0n) is 12.4. The first-order chi connectivity index (χ1) is 11.2. The molecule has 7 nitrogen and oxygen atoms in total. The van der Waals surface area contributed by atoms with E-state index in [-0.39, 0.29) is 23.9 Å². The van der Waals surface area contributed by atoms with Gasteiger partial charge in [-0.05, 0) is 12.5 Å². The fraction of sp³-hybridized carbons (Fsp3) is 0.188. The topological polar surface area (TPSA) is 114 Å². The van der Waals surface area contributed by atoms with Crippen LogP contribution >= 0.6 is 0 Å². The summed E-state index contributed by atoms with van der Waals surface area (Å²) in [4.78, 5) is 12.4. The van der Waals surface area contributed by atoms with Crippen LogP contribution in [0, 0.1) is 11.3 Å². The van der Waals surface area contributed by atoms with Gasteiger partial charge in [0, 0.05) is 0 Å². The van der Waals surface area contributed by atoms with E-state index in [9.17, 15) is 10.1 Å². The maximum absolute atomic E-state index is 12.4. The molecule has 7 heteroatoms. The van der Waals surface area contributed by atoms with Crippen LogP contribution in [-0.2, 0) is 9.53 Å². The van der Waals surface area contributed by atoms with Crippen molar-refractivity contribution >= 4 is 5.97 Å². The summed E-state index contributed by atoms with van der Waals surface area (Å²) < 4.78 is 10.5. The van der Waals surface area contributed by atoms with Gasteiger partial charge in [0.15, 0.2) is 0 Å². The number of aromatic nitrogens is 2. The monoisotopic (exact) mass is 310 g/mol. The first kappa shape index (κ1) is 14.7. The lowest BCUT2D eigenvalue weighted by molar-refractivity contribution is -0.144. The van der Waals surface area contributed by atoms with Crippen molar-refractivity contribution in [1.82, 2.24) is 10.2 Å². The highest BCUT2D eigenvalue weighted by Crippen LogP contribution is 2.42. The molecule has 0 aliphatic carbocycles. The maximum Gasteiger partial charge on any atom is 0.319 e. The Hall–Kier alpha value is -3.27. The minimum absolute atomic E-state index is 0.0227. The van der Waals surface area contributed by atoms with E-state index in [0.717, 1.165) is 5.56 Å². The number of nitrogens with one attached hydrogen (secondary N) is 1. The molecule has 2 heterocycles. The number of carbonyl (C=O) groups is 1. The van der Waals surface area contributed by atoms with Gasteiger partial charge in [0.05, 0.1) is 17.9 Å². The fourth-order valence-corrected chi connectivity index (χ4v) is 2.53. The van der Waals surface area contributed by atoms with Gasteiger partial charge in [0.25, 0.3) is 0 Å². The molecule has 116 valence electrons. The Morgan fingerprint density at radius 1 is 1.48 bits per heavy atom. The normalized spacial score (nSPS) is 16.3. The number of benzene rings is 1. The molecule has 1 atom stereocenters. The Balaban J connectivity index is 2.18. The molecule has 0 bridgehead atoms. The highest BCUT2D eigenvalue weighted by molar-refractivity contribution is 5.88. The van der Waals surface area contributed by atoms with Crippen molar-refractivity contribution in [2.75, 3.05) is 6.61 Å². The number of esters is 1. The molecule has 23 heavy (non-hydrogen) atoms. The molecule has 0 spiro atoms. The molecule has 0 radical (unpaired) electrons. The molecule has 0 saturated carbocycles. The van der Waals surface area contributed by atoms with Crippen molar-refractivity contribution in [1.29, 1.82) is 5.26 Å². The van der Waals surface area contributed by atoms with Crippen LogP contribution in [0.15, 0.2) is 41.8 Å². The summed E-state index contributed by atoms with van der Waals surface area (Å²) in [7, 11) is 0. The van der Waals surface area contributed by atoms with Crippen molar-refractivity contribution in [3.05, 3.63) is 47.4 Å². The van der Waals surface area contributed by atoms with Gasteiger partial charge >= 0.3 is 5.97 Å². The first-order valence-corrected chi connectivity index (χ1v) is 7.05. The summed E-state index contributed by atoms with van der Waals surface area (Å²) in [5, 5.41) is 16.3. The number of rotatable bonds is 3. The van der Waals surface area contributed by atoms with E-state index in [2.05, 4.69) is 10.2 Å². The molecular weight excluding hydrogens is 296 g/mol. The minimum Gasteiger partial charge on any atom is -0.465 e. The molecule has 1 aliphatic heterocycles. The van der Waals surface area contributed by atoms with Crippen molar-refractivity contribution in [3.8, 4) is 23.2 Å². The van der Waals surface area contributed by atoms with Crippen molar-refractivity contribution in [3.63, 3.8) is 0 Å². The number of fused-ring (bicyclic) bond motifs is 1. The van der Waals surface area contributed by atoms with Gasteiger partial charge in [-0.15, -0.1) is 5.10 Å². The van der Waals surface area contributed by atoms with Crippen molar-refractivity contribution in [2.24, 2.45) is 5.73 Å². The van der Waals surface area contributed by atoms with Crippen LogP contribution in [-0.4, -0.2) is 22.8 Å². The Morgan fingerprint density at radius 3 is 2.87 bits per heavy atom. The van der Waals surface area contributed by atoms with Crippen LogP contribution in [0.2, 0.25) is 0 Å². The van der Waals surface area contributed by atoms with Crippen molar-refractivity contribution in [2.45, 2.75) is 12.8 Å². The highest BCUT2D eigenvalue weighted by atomic mass is 16.5. The van der Waals surface area contributed by atoms with E-state index in [1.54, 1.807) is 6.92 Å². The standard InChI is InChI=1S/C16H14N4O3/c1-2-22-16(21)11-10(8-17)14(18)23-15-12(11)13(19-20-15)9-6-4-3-5-7-9/h3-7,11H,2,18H2,1H3,(H,19,20). The Kier molecular flexibility index (Phi) is 3.73. The van der Waals surface area contributed by atoms with Gasteiger partial charge < -0.3 is 15.2 Å². The van der Waals surface area contributed by atoms with E-state index in [0.29, 0.717) is 11.3 Å². The predicted octanol–water partition coefficient (Wildman–Crippen LogP) is 1.81. The van der Waals surface area contributed by atoms with E-state index >= 15 is 0 Å². The largest absolute Gasteiger partial charge is 0.465 e.